The molecule has 4 heterocycles. The minimum Gasteiger partial charge on any atom is -0.378 e. The van der Waals surface area contributed by atoms with E-state index in [2.05, 4.69) is 10.2 Å². The van der Waals surface area contributed by atoms with Crippen LogP contribution in [0, 0.1) is 0 Å². The number of piperidine rings is 1. The maximum Gasteiger partial charge on any atom is 0.406 e. The van der Waals surface area contributed by atoms with E-state index < -0.39 is 24.4 Å². The van der Waals surface area contributed by atoms with Crippen LogP contribution in [0.2, 0.25) is 0 Å². The number of nitrogens with one attached hydrogen (secondary N) is 1. The van der Waals surface area contributed by atoms with Crippen LogP contribution in [0.5, 0.6) is 0 Å². The van der Waals surface area contributed by atoms with Crippen LogP contribution in [-0.4, -0.2) is 77.0 Å². The maximum absolute atomic E-state index is 14.3. The molecule has 2 saturated heterocycles. The highest BCUT2D eigenvalue weighted by Gasteiger charge is 2.53. The Hall–Kier alpha value is -1.52. The predicted molar refractivity (Wildman–Crippen MR) is 82.4 cm³/mol. The van der Waals surface area contributed by atoms with Crippen LogP contribution in [-0.2, 0) is 11.3 Å². The van der Waals surface area contributed by atoms with Crippen molar-refractivity contribution in [2.24, 2.45) is 0 Å². The number of hydrogen-bond donors (Lipinski definition) is 1. The lowest BCUT2D eigenvalue weighted by Crippen LogP contribution is -2.60. The van der Waals surface area contributed by atoms with Gasteiger partial charge in [-0.2, -0.15) is 18.3 Å². The number of halogens is 4. The highest BCUT2D eigenvalue weighted by atomic mass is 19.4. The molecule has 3 aliphatic heterocycles. The molecule has 1 aromatic rings. The molecule has 0 radical (unpaired) electrons. The van der Waals surface area contributed by atoms with Gasteiger partial charge in [-0.15, -0.1) is 0 Å². The summed E-state index contributed by atoms with van der Waals surface area (Å²) < 4.78 is 60.3. The van der Waals surface area contributed by atoms with Crippen molar-refractivity contribution >= 4 is 6.29 Å². The summed E-state index contributed by atoms with van der Waals surface area (Å²) in [5, 5.41) is 6.73. The van der Waals surface area contributed by atoms with Crippen molar-refractivity contribution in [2.45, 2.75) is 49.9 Å². The lowest BCUT2D eigenvalue weighted by molar-refractivity contribution is -0.217. The van der Waals surface area contributed by atoms with Crippen molar-refractivity contribution in [3.8, 4) is 0 Å². The lowest BCUT2D eigenvalue weighted by Gasteiger charge is -2.48. The molecule has 0 saturated carbocycles. The number of nitrogens with zero attached hydrogens (tertiary/aromatic N) is 3. The maximum atomic E-state index is 14.3. The van der Waals surface area contributed by atoms with E-state index in [4.69, 9.17) is 4.74 Å². The zero-order valence-electron chi connectivity index (χ0n) is 14.0. The highest BCUT2D eigenvalue weighted by Crippen LogP contribution is 2.42. The van der Waals surface area contributed by atoms with Crippen LogP contribution in [0.3, 0.4) is 0 Å². The topological polar surface area (TPSA) is 61.5 Å². The second-order valence-corrected chi connectivity index (χ2v) is 7.14. The Kier molecular flexibility index (Phi) is 4.52. The van der Waals surface area contributed by atoms with E-state index >= 15 is 0 Å². The fourth-order valence-corrected chi connectivity index (χ4v) is 4.27. The first-order valence-corrected chi connectivity index (χ1v) is 8.70. The molecule has 0 aromatic carbocycles. The van der Waals surface area contributed by atoms with E-state index in [1.54, 1.807) is 0 Å². The van der Waals surface area contributed by atoms with Gasteiger partial charge >= 0.3 is 6.18 Å². The summed E-state index contributed by atoms with van der Waals surface area (Å²) in [5.41, 5.74) is 1.20. The zero-order chi connectivity index (χ0) is 18.5. The number of alkyl halides is 4. The van der Waals surface area contributed by atoms with E-state index in [0.29, 0.717) is 50.3 Å². The Balaban J connectivity index is 1.72. The Morgan fingerprint density at radius 3 is 2.69 bits per heavy atom. The number of ether oxygens (including phenoxy) is 1. The minimum atomic E-state index is -4.67. The molecule has 1 N–H and O–H groups in total. The fraction of sp³-hybridized carbons (Fsp3) is 0.750. The second kappa shape index (κ2) is 6.58. The zero-order valence-corrected chi connectivity index (χ0v) is 14.0. The van der Waals surface area contributed by atoms with Crippen LogP contribution < -0.4 is 0 Å². The number of aromatic nitrogens is 2. The SMILES string of the molecule is O=Cc1n[nH]c2c1C(N1CCCC(F)C1C(F)(F)F)CN(C1COC1)C2. The molecule has 4 rings (SSSR count). The number of carbonyl (C=O) groups is 1. The molecule has 6 nitrogen and oxygen atoms in total. The van der Waals surface area contributed by atoms with Crippen molar-refractivity contribution in [3.63, 3.8) is 0 Å². The van der Waals surface area contributed by atoms with Gasteiger partial charge < -0.3 is 4.74 Å². The summed E-state index contributed by atoms with van der Waals surface area (Å²) >= 11 is 0. The summed E-state index contributed by atoms with van der Waals surface area (Å²) in [6.07, 6.45) is -5.86. The Morgan fingerprint density at radius 1 is 1.31 bits per heavy atom. The van der Waals surface area contributed by atoms with Crippen molar-refractivity contribution in [1.82, 2.24) is 20.0 Å². The molecule has 144 valence electrons. The number of rotatable bonds is 3. The van der Waals surface area contributed by atoms with E-state index in [-0.39, 0.29) is 24.7 Å². The van der Waals surface area contributed by atoms with Gasteiger partial charge in [0.2, 0.25) is 0 Å². The molecule has 2 fully saturated rings. The number of likely N-dealkylation sites (tertiary alicyclic amines) is 1. The molecule has 3 aliphatic rings. The normalized spacial score (nSPS) is 31.5. The smallest absolute Gasteiger partial charge is 0.378 e. The first kappa shape index (κ1) is 17.9. The Labute approximate surface area is 147 Å². The summed E-state index contributed by atoms with van der Waals surface area (Å²) in [6, 6.07) is -2.78. The molecule has 0 bridgehead atoms. The van der Waals surface area contributed by atoms with Gasteiger partial charge in [-0.05, 0) is 19.4 Å². The highest BCUT2D eigenvalue weighted by molar-refractivity contribution is 5.75. The standard InChI is InChI=1S/C16H20F4N4O2/c17-10-2-1-3-24(15(10)16(18,19)20)13-5-23(9-7-26-8-9)4-11-14(13)12(6-25)22-21-11/h6,9-10,13,15H,1-5,7-8H2,(H,21,22). The van der Waals surface area contributed by atoms with Crippen LogP contribution in [0.4, 0.5) is 17.6 Å². The third-order valence-corrected chi connectivity index (χ3v) is 5.59. The number of aromatic amines is 1. The van der Waals surface area contributed by atoms with Gasteiger partial charge in [-0.1, -0.05) is 0 Å². The summed E-state index contributed by atoms with van der Waals surface area (Å²) in [6.45, 7) is 1.93. The minimum absolute atomic E-state index is 0.105. The fourth-order valence-electron chi connectivity index (χ4n) is 4.27. The third kappa shape index (κ3) is 2.93. The quantitative estimate of drug-likeness (QED) is 0.644. The van der Waals surface area contributed by atoms with Crippen molar-refractivity contribution in [2.75, 3.05) is 26.3 Å². The first-order valence-electron chi connectivity index (χ1n) is 8.70. The van der Waals surface area contributed by atoms with E-state index in [1.807, 2.05) is 4.90 Å². The van der Waals surface area contributed by atoms with Gasteiger partial charge in [0.1, 0.15) is 17.9 Å². The van der Waals surface area contributed by atoms with Gasteiger partial charge in [-0.25, -0.2) is 4.39 Å². The summed E-state index contributed by atoms with van der Waals surface area (Å²) in [7, 11) is 0. The van der Waals surface area contributed by atoms with E-state index in [0.717, 1.165) is 0 Å². The van der Waals surface area contributed by atoms with Crippen molar-refractivity contribution < 1.29 is 27.1 Å². The van der Waals surface area contributed by atoms with E-state index in [1.165, 1.54) is 4.90 Å². The first-order chi connectivity index (χ1) is 12.4. The van der Waals surface area contributed by atoms with Crippen LogP contribution in [0.1, 0.15) is 40.6 Å². The van der Waals surface area contributed by atoms with Crippen LogP contribution in [0.15, 0.2) is 0 Å². The largest absolute Gasteiger partial charge is 0.406 e. The molecule has 3 atom stereocenters. The van der Waals surface area contributed by atoms with Gasteiger partial charge in [0.05, 0.1) is 31.0 Å². The monoisotopic (exact) mass is 376 g/mol. The average Bonchev–Trinajstić information content (AvgIpc) is 2.94. The molecule has 26 heavy (non-hydrogen) atoms. The molecular formula is C16H20F4N4O2. The predicted octanol–water partition coefficient (Wildman–Crippen LogP) is 1.84. The Morgan fingerprint density at radius 2 is 2.08 bits per heavy atom. The molecule has 3 unspecified atom stereocenters. The molecule has 10 heteroatoms. The van der Waals surface area contributed by atoms with Gasteiger partial charge in [-0.3, -0.25) is 19.7 Å². The number of aldehydes is 1. The van der Waals surface area contributed by atoms with Gasteiger partial charge in [0.15, 0.2) is 6.29 Å². The molecule has 0 spiro atoms. The van der Waals surface area contributed by atoms with Crippen molar-refractivity contribution in [1.29, 1.82) is 0 Å². The number of carbonyl (C=O) groups excluding carboxylic acids is 1. The van der Waals surface area contributed by atoms with Gasteiger partial charge in [0.25, 0.3) is 0 Å². The lowest BCUT2D eigenvalue weighted by atomic mass is 9.90. The molecular weight excluding hydrogens is 356 g/mol. The number of hydrogen-bond acceptors (Lipinski definition) is 5. The average molecular weight is 376 g/mol. The molecule has 1 aromatic heterocycles. The number of fused-ring (bicyclic) bond motifs is 1. The second-order valence-electron chi connectivity index (χ2n) is 7.14. The number of H-pyrrole nitrogens is 1. The summed E-state index contributed by atoms with van der Waals surface area (Å²) in [5.74, 6) is 0. The molecule has 0 amide bonds. The Bertz CT molecular complexity index is 676. The molecule has 0 aliphatic carbocycles. The van der Waals surface area contributed by atoms with E-state index in [9.17, 15) is 22.4 Å². The summed E-state index contributed by atoms with van der Waals surface area (Å²) in [4.78, 5) is 14.6. The van der Waals surface area contributed by atoms with Gasteiger partial charge in [0, 0.05) is 18.7 Å². The third-order valence-electron chi connectivity index (χ3n) is 5.59. The van der Waals surface area contributed by atoms with Crippen LogP contribution >= 0.6 is 0 Å². The van der Waals surface area contributed by atoms with Crippen molar-refractivity contribution in [3.05, 3.63) is 17.0 Å². The van der Waals surface area contributed by atoms with Crippen LogP contribution in [0.25, 0.3) is 0 Å².